The van der Waals surface area contributed by atoms with E-state index in [9.17, 15) is 0 Å². The van der Waals surface area contributed by atoms with E-state index in [0.717, 1.165) is 23.1 Å². The van der Waals surface area contributed by atoms with Gasteiger partial charge in [-0.2, -0.15) is 0 Å². The number of hydrogen-bond acceptors (Lipinski definition) is 1. The molecule has 23 heavy (non-hydrogen) atoms. The van der Waals surface area contributed by atoms with Crippen LogP contribution in [0.2, 0.25) is 0 Å². The van der Waals surface area contributed by atoms with Crippen molar-refractivity contribution in [1.82, 2.24) is 0 Å². The van der Waals surface area contributed by atoms with Crippen LogP contribution in [0.5, 0.6) is 5.75 Å². The largest absolute Gasteiger partial charge is 0.497 e. The zero-order valence-electron chi connectivity index (χ0n) is 14.7. The molecule has 0 bridgehead atoms. The van der Waals surface area contributed by atoms with Crippen molar-refractivity contribution in [3.05, 3.63) is 42.0 Å². The van der Waals surface area contributed by atoms with Gasteiger partial charge in [0, 0.05) is 5.56 Å². The second-order valence-corrected chi connectivity index (χ2v) is 6.63. The highest BCUT2D eigenvalue weighted by Crippen LogP contribution is 2.32. The quantitative estimate of drug-likeness (QED) is 0.463. The second kappa shape index (κ2) is 10.2. The molecule has 124 valence electrons. The molecule has 0 heterocycles. The van der Waals surface area contributed by atoms with Crippen molar-refractivity contribution in [3.63, 3.8) is 0 Å². The predicted octanol–water partition coefficient (Wildman–Crippen LogP) is 5.99. The van der Waals surface area contributed by atoms with E-state index in [-0.39, 0.29) is 0 Å². The summed E-state index contributed by atoms with van der Waals surface area (Å²) in [4.78, 5) is 0. The Hall–Kier alpha value is -1.68. The number of ether oxygens (including phenoxy) is 1. The Labute approximate surface area is 142 Å². The molecule has 1 aliphatic rings. The van der Waals surface area contributed by atoms with Gasteiger partial charge in [-0.05, 0) is 67.9 Å². The minimum atomic E-state index is 0.739. The van der Waals surface area contributed by atoms with E-state index in [1.807, 2.05) is 30.3 Å². The lowest BCUT2D eigenvalue weighted by Crippen LogP contribution is -2.12. The van der Waals surface area contributed by atoms with E-state index in [1.165, 1.54) is 51.4 Å². The molecule has 1 aromatic rings. The topological polar surface area (TPSA) is 9.23 Å². The molecule has 0 spiro atoms. The summed E-state index contributed by atoms with van der Waals surface area (Å²) in [6.07, 6.45) is 15.5. The Bertz CT molecular complexity index is 521. The number of hydrogen-bond donors (Lipinski definition) is 0. The third kappa shape index (κ3) is 6.53. The van der Waals surface area contributed by atoms with Gasteiger partial charge in [-0.25, -0.2) is 0 Å². The lowest BCUT2D eigenvalue weighted by atomic mass is 9.79. The molecule has 1 fully saturated rings. The molecule has 0 N–H and O–H groups in total. The summed E-state index contributed by atoms with van der Waals surface area (Å²) in [7, 11) is 1.68. The first kappa shape index (κ1) is 17.7. The molecule has 0 atom stereocenters. The van der Waals surface area contributed by atoms with Crippen LogP contribution in [0.15, 0.2) is 36.4 Å². The molecular weight excluding hydrogens is 280 g/mol. The summed E-state index contributed by atoms with van der Waals surface area (Å²) in [5, 5.41) is 0. The Morgan fingerprint density at radius 2 is 1.83 bits per heavy atom. The molecular formula is C22H30O. The highest BCUT2D eigenvalue weighted by molar-refractivity contribution is 5.40. The highest BCUT2D eigenvalue weighted by Gasteiger charge is 2.18. The van der Waals surface area contributed by atoms with Gasteiger partial charge in [-0.15, -0.1) is 0 Å². The third-order valence-electron chi connectivity index (χ3n) is 4.87. The second-order valence-electron chi connectivity index (χ2n) is 6.63. The SMILES string of the molecule is CCCCC[C@H]1CC[C@H](/C=C/C#Cc2ccc(OC)cc2)CC1. The number of unbranched alkanes of at least 4 members (excludes halogenated alkanes) is 2. The van der Waals surface area contributed by atoms with Crippen molar-refractivity contribution in [2.75, 3.05) is 7.11 Å². The van der Waals surface area contributed by atoms with E-state index in [1.54, 1.807) is 7.11 Å². The van der Waals surface area contributed by atoms with Gasteiger partial charge in [0.05, 0.1) is 7.11 Å². The summed E-state index contributed by atoms with van der Waals surface area (Å²) < 4.78 is 5.15. The Morgan fingerprint density at radius 1 is 1.09 bits per heavy atom. The van der Waals surface area contributed by atoms with E-state index in [2.05, 4.69) is 24.8 Å². The van der Waals surface area contributed by atoms with Crippen molar-refractivity contribution in [2.24, 2.45) is 11.8 Å². The van der Waals surface area contributed by atoms with E-state index >= 15 is 0 Å². The summed E-state index contributed by atoms with van der Waals surface area (Å²) in [6, 6.07) is 7.91. The van der Waals surface area contributed by atoms with E-state index in [4.69, 9.17) is 4.74 Å². The van der Waals surface area contributed by atoms with E-state index < -0.39 is 0 Å². The normalized spacial score (nSPS) is 21.0. The van der Waals surface area contributed by atoms with Crippen molar-refractivity contribution in [2.45, 2.75) is 58.3 Å². The standard InChI is InChI=1S/C22H30O/c1-3-4-5-8-19-11-13-20(14-12-19)9-6-7-10-21-15-17-22(23-2)18-16-21/h6,9,15-20H,3-5,8,11-14H2,1-2H3/b9-6+/t19-,20-. The predicted molar refractivity (Wildman–Crippen MR) is 98.6 cm³/mol. The van der Waals surface area contributed by atoms with Crippen molar-refractivity contribution in [3.8, 4) is 17.6 Å². The van der Waals surface area contributed by atoms with Gasteiger partial charge in [0.15, 0.2) is 0 Å². The number of methoxy groups -OCH3 is 1. The van der Waals surface area contributed by atoms with Gasteiger partial charge >= 0.3 is 0 Å². The van der Waals surface area contributed by atoms with Crippen LogP contribution >= 0.6 is 0 Å². The third-order valence-corrected chi connectivity index (χ3v) is 4.87. The maximum absolute atomic E-state index is 5.15. The molecule has 0 amide bonds. The summed E-state index contributed by atoms with van der Waals surface area (Å²) in [6.45, 7) is 2.29. The fourth-order valence-electron chi connectivity index (χ4n) is 3.34. The monoisotopic (exact) mass is 310 g/mol. The minimum Gasteiger partial charge on any atom is -0.497 e. The van der Waals surface area contributed by atoms with Crippen LogP contribution in [0.1, 0.15) is 63.9 Å². The maximum atomic E-state index is 5.15. The van der Waals surface area contributed by atoms with Crippen molar-refractivity contribution < 1.29 is 4.74 Å². The van der Waals surface area contributed by atoms with Gasteiger partial charge in [-0.3, -0.25) is 0 Å². The average molecular weight is 310 g/mol. The van der Waals surface area contributed by atoms with Crippen LogP contribution in [0.25, 0.3) is 0 Å². The first-order valence-electron chi connectivity index (χ1n) is 9.14. The lowest BCUT2D eigenvalue weighted by molar-refractivity contribution is 0.289. The van der Waals surface area contributed by atoms with Crippen molar-refractivity contribution >= 4 is 0 Å². The molecule has 0 unspecified atom stereocenters. The summed E-state index contributed by atoms with van der Waals surface area (Å²) in [5.41, 5.74) is 1.04. The fourth-order valence-corrected chi connectivity index (χ4v) is 3.34. The molecule has 1 aromatic carbocycles. The molecule has 0 aliphatic heterocycles. The average Bonchev–Trinajstić information content (AvgIpc) is 2.61. The lowest BCUT2D eigenvalue weighted by Gasteiger charge is -2.26. The number of rotatable bonds is 6. The van der Waals surface area contributed by atoms with Crippen LogP contribution in [-0.2, 0) is 0 Å². The zero-order valence-corrected chi connectivity index (χ0v) is 14.7. The Balaban J connectivity index is 1.71. The number of benzene rings is 1. The zero-order chi connectivity index (χ0) is 16.3. The van der Waals surface area contributed by atoms with Gasteiger partial charge in [0.25, 0.3) is 0 Å². The smallest absolute Gasteiger partial charge is 0.118 e. The molecule has 1 nitrogen and oxygen atoms in total. The molecule has 1 saturated carbocycles. The van der Waals surface area contributed by atoms with Crippen LogP contribution < -0.4 is 4.74 Å². The Kier molecular flexibility index (Phi) is 7.81. The van der Waals surface area contributed by atoms with Gasteiger partial charge in [0.1, 0.15) is 5.75 Å². The maximum Gasteiger partial charge on any atom is 0.118 e. The minimum absolute atomic E-state index is 0.739. The number of allylic oxidation sites excluding steroid dienone is 2. The van der Waals surface area contributed by atoms with Crippen molar-refractivity contribution in [1.29, 1.82) is 0 Å². The van der Waals surface area contributed by atoms with Crippen LogP contribution in [0.3, 0.4) is 0 Å². The fraction of sp³-hybridized carbons (Fsp3) is 0.545. The molecule has 0 saturated heterocycles. The molecule has 1 aliphatic carbocycles. The summed E-state index contributed by atoms with van der Waals surface area (Å²) >= 11 is 0. The van der Waals surface area contributed by atoms with Crippen LogP contribution in [0.4, 0.5) is 0 Å². The van der Waals surface area contributed by atoms with Gasteiger partial charge < -0.3 is 4.74 Å². The summed E-state index contributed by atoms with van der Waals surface area (Å²) in [5.74, 6) is 8.95. The molecule has 0 aromatic heterocycles. The van der Waals surface area contributed by atoms with E-state index in [0.29, 0.717) is 0 Å². The van der Waals surface area contributed by atoms with Gasteiger partial charge in [0.2, 0.25) is 0 Å². The highest BCUT2D eigenvalue weighted by atomic mass is 16.5. The molecule has 1 heteroatoms. The first-order valence-corrected chi connectivity index (χ1v) is 9.14. The molecule has 2 rings (SSSR count). The molecule has 0 radical (unpaired) electrons. The first-order chi connectivity index (χ1) is 11.3. The van der Waals surface area contributed by atoms with Crippen LogP contribution in [-0.4, -0.2) is 7.11 Å². The Morgan fingerprint density at radius 3 is 2.48 bits per heavy atom. The van der Waals surface area contributed by atoms with Gasteiger partial charge in [-0.1, -0.05) is 50.5 Å². The van der Waals surface area contributed by atoms with Crippen LogP contribution in [0, 0.1) is 23.7 Å².